The summed E-state index contributed by atoms with van der Waals surface area (Å²) in [6.45, 7) is 0. The summed E-state index contributed by atoms with van der Waals surface area (Å²) in [5, 5.41) is 0. The summed E-state index contributed by atoms with van der Waals surface area (Å²) < 4.78 is 22.5. The fourth-order valence-corrected chi connectivity index (χ4v) is 0.387. The van der Waals surface area contributed by atoms with E-state index >= 15 is 0 Å². The van der Waals surface area contributed by atoms with Gasteiger partial charge in [-0.1, -0.05) is 0 Å². The van der Waals surface area contributed by atoms with Gasteiger partial charge in [-0.2, -0.15) is 0 Å². The second-order valence-electron chi connectivity index (χ2n) is 1.61. The Hall–Kier alpha value is -0.470. The van der Waals surface area contributed by atoms with Crippen molar-refractivity contribution in [3.63, 3.8) is 0 Å². The molecule has 1 rings (SSSR count). The summed E-state index contributed by atoms with van der Waals surface area (Å²) in [5.41, 5.74) is 0. The van der Waals surface area contributed by atoms with Crippen molar-refractivity contribution in [2.75, 3.05) is 0 Å². The van der Waals surface area contributed by atoms with Crippen LogP contribution in [-0.2, 0) is 4.79 Å². The van der Waals surface area contributed by atoms with Gasteiger partial charge in [-0.05, 0) is 0 Å². The Morgan fingerprint density at radius 1 is 1.71 bits per heavy atom. The first kappa shape index (κ1) is 4.68. The molecule has 0 saturated heterocycles. The van der Waals surface area contributed by atoms with E-state index in [1.807, 2.05) is 0 Å². The van der Waals surface area contributed by atoms with Crippen LogP contribution in [0.15, 0.2) is 0 Å². The van der Waals surface area contributed by atoms with Crippen LogP contribution in [0.25, 0.3) is 0 Å². The van der Waals surface area contributed by atoms with Gasteiger partial charge in [0.2, 0.25) is 6.43 Å². The van der Waals surface area contributed by atoms with E-state index in [-0.39, 0.29) is 12.2 Å². The standard InChI is InChI=1S/C4H4F2O/c5-4(6)2-1-3(2)7/h2,4H,1H2. The van der Waals surface area contributed by atoms with Crippen LogP contribution in [0.5, 0.6) is 0 Å². The van der Waals surface area contributed by atoms with Crippen LogP contribution in [-0.4, -0.2) is 12.2 Å². The molecular weight excluding hydrogens is 102 g/mol. The Morgan fingerprint density at radius 2 is 2.14 bits per heavy atom. The maximum atomic E-state index is 11.2. The quantitative estimate of drug-likeness (QED) is 0.484. The van der Waals surface area contributed by atoms with Crippen molar-refractivity contribution in [3.8, 4) is 0 Å². The summed E-state index contributed by atoms with van der Waals surface area (Å²) >= 11 is 0. The van der Waals surface area contributed by atoms with E-state index in [9.17, 15) is 13.6 Å². The third-order valence-corrected chi connectivity index (χ3v) is 0.979. The van der Waals surface area contributed by atoms with Gasteiger partial charge in [-0.15, -0.1) is 0 Å². The Balaban J connectivity index is 2.33. The highest BCUT2D eigenvalue weighted by Crippen LogP contribution is 2.30. The largest absolute Gasteiger partial charge is 0.299 e. The highest BCUT2D eigenvalue weighted by atomic mass is 19.3. The third-order valence-electron chi connectivity index (χ3n) is 0.979. The molecule has 0 bridgehead atoms. The molecule has 0 aliphatic heterocycles. The lowest BCUT2D eigenvalue weighted by Crippen LogP contribution is -1.93. The van der Waals surface area contributed by atoms with Crippen molar-refractivity contribution in [2.24, 2.45) is 5.92 Å². The van der Waals surface area contributed by atoms with Gasteiger partial charge in [0, 0.05) is 6.42 Å². The minimum absolute atomic E-state index is 0.0949. The van der Waals surface area contributed by atoms with E-state index in [1.165, 1.54) is 0 Å². The van der Waals surface area contributed by atoms with Crippen molar-refractivity contribution in [1.29, 1.82) is 0 Å². The Morgan fingerprint density at radius 3 is 2.14 bits per heavy atom. The summed E-state index contributed by atoms with van der Waals surface area (Å²) in [6, 6.07) is 0. The molecule has 1 aliphatic carbocycles. The second-order valence-corrected chi connectivity index (χ2v) is 1.61. The predicted octanol–water partition coefficient (Wildman–Crippen LogP) is 0.841. The molecule has 1 fully saturated rings. The smallest absolute Gasteiger partial charge is 0.248 e. The maximum Gasteiger partial charge on any atom is 0.248 e. The minimum atomic E-state index is -2.41. The zero-order valence-corrected chi connectivity index (χ0v) is 3.53. The number of rotatable bonds is 1. The normalized spacial score (nSPS) is 29.0. The number of ketones is 1. The average molecular weight is 106 g/mol. The molecule has 1 aliphatic rings. The van der Waals surface area contributed by atoms with Gasteiger partial charge in [0.25, 0.3) is 0 Å². The summed E-state index contributed by atoms with van der Waals surface area (Å²) in [5.74, 6) is -1.20. The highest BCUT2D eigenvalue weighted by Gasteiger charge is 2.42. The molecule has 40 valence electrons. The van der Waals surface area contributed by atoms with E-state index in [2.05, 4.69) is 0 Å². The van der Waals surface area contributed by atoms with Gasteiger partial charge in [0.1, 0.15) is 5.78 Å². The Labute approximate surface area is 39.3 Å². The van der Waals surface area contributed by atoms with Crippen LogP contribution in [0.1, 0.15) is 6.42 Å². The summed E-state index contributed by atoms with van der Waals surface area (Å²) in [6.07, 6.45) is -2.31. The van der Waals surface area contributed by atoms with Crippen molar-refractivity contribution in [1.82, 2.24) is 0 Å². The van der Waals surface area contributed by atoms with E-state index in [0.717, 1.165) is 0 Å². The van der Waals surface area contributed by atoms with Crippen LogP contribution >= 0.6 is 0 Å². The number of Topliss-reactive ketones (excluding diaryl/α,β-unsaturated/α-hetero) is 1. The molecule has 0 amide bonds. The Kier molecular flexibility index (Phi) is 0.836. The van der Waals surface area contributed by atoms with Gasteiger partial charge in [-0.3, -0.25) is 4.79 Å². The van der Waals surface area contributed by atoms with Crippen molar-refractivity contribution in [3.05, 3.63) is 0 Å². The van der Waals surface area contributed by atoms with E-state index in [1.54, 1.807) is 0 Å². The van der Waals surface area contributed by atoms with Crippen LogP contribution in [0.2, 0.25) is 0 Å². The SMILES string of the molecule is O=C1CC1C(F)F. The lowest BCUT2D eigenvalue weighted by Gasteiger charge is -1.83. The van der Waals surface area contributed by atoms with Crippen LogP contribution in [0.4, 0.5) is 8.78 Å². The molecule has 0 heterocycles. The summed E-state index contributed by atoms with van der Waals surface area (Å²) in [4.78, 5) is 9.85. The number of alkyl halides is 2. The molecule has 7 heavy (non-hydrogen) atoms. The lowest BCUT2D eigenvalue weighted by atomic mass is 10.5. The first-order valence-corrected chi connectivity index (χ1v) is 2.02. The van der Waals surface area contributed by atoms with Crippen LogP contribution in [0.3, 0.4) is 0 Å². The molecular formula is C4H4F2O. The molecule has 1 saturated carbocycles. The van der Waals surface area contributed by atoms with Crippen LogP contribution < -0.4 is 0 Å². The fourth-order valence-electron chi connectivity index (χ4n) is 0.387. The number of hydrogen-bond donors (Lipinski definition) is 0. The van der Waals surface area contributed by atoms with Gasteiger partial charge >= 0.3 is 0 Å². The minimum Gasteiger partial charge on any atom is -0.299 e. The first-order chi connectivity index (χ1) is 3.22. The lowest BCUT2D eigenvalue weighted by molar-refractivity contribution is -0.112. The monoisotopic (exact) mass is 106 g/mol. The van der Waals surface area contributed by atoms with Crippen molar-refractivity contribution in [2.45, 2.75) is 12.8 Å². The van der Waals surface area contributed by atoms with E-state index < -0.39 is 12.3 Å². The van der Waals surface area contributed by atoms with Gasteiger partial charge in [0.05, 0.1) is 5.92 Å². The van der Waals surface area contributed by atoms with Crippen molar-refractivity contribution >= 4 is 5.78 Å². The predicted molar refractivity (Wildman–Crippen MR) is 19.1 cm³/mol. The molecule has 0 radical (unpaired) electrons. The number of carbonyl (C=O) groups excluding carboxylic acids is 1. The molecule has 1 nitrogen and oxygen atoms in total. The van der Waals surface area contributed by atoms with Crippen molar-refractivity contribution < 1.29 is 13.6 Å². The molecule has 0 aromatic rings. The van der Waals surface area contributed by atoms with E-state index in [4.69, 9.17) is 0 Å². The zero-order valence-electron chi connectivity index (χ0n) is 3.53. The second kappa shape index (κ2) is 1.25. The maximum absolute atomic E-state index is 11.2. The van der Waals surface area contributed by atoms with Gasteiger partial charge < -0.3 is 0 Å². The molecule has 0 N–H and O–H groups in total. The highest BCUT2D eigenvalue weighted by molar-refractivity contribution is 5.96. The van der Waals surface area contributed by atoms with Gasteiger partial charge in [0.15, 0.2) is 0 Å². The molecule has 1 atom stereocenters. The van der Waals surface area contributed by atoms with E-state index in [0.29, 0.717) is 0 Å². The number of hydrogen-bond acceptors (Lipinski definition) is 1. The first-order valence-electron chi connectivity index (χ1n) is 2.02. The van der Waals surface area contributed by atoms with Crippen LogP contribution in [0, 0.1) is 5.92 Å². The fraction of sp³-hybridized carbons (Fsp3) is 0.750. The number of halogens is 2. The Bertz CT molecular complexity index is 99.9. The molecule has 1 unspecified atom stereocenters. The molecule has 0 aromatic carbocycles. The third kappa shape index (κ3) is 0.759. The van der Waals surface area contributed by atoms with Gasteiger partial charge in [-0.25, -0.2) is 8.78 Å². The molecule has 3 heteroatoms. The zero-order chi connectivity index (χ0) is 5.44. The molecule has 0 spiro atoms. The summed E-state index contributed by atoms with van der Waals surface area (Å²) in [7, 11) is 0. The number of carbonyl (C=O) groups is 1. The molecule has 0 aromatic heterocycles. The topological polar surface area (TPSA) is 17.1 Å². The average Bonchev–Trinajstić information content (AvgIpc) is 2.17.